The molecule has 0 spiro atoms. The van der Waals surface area contributed by atoms with Crippen molar-refractivity contribution in [2.24, 2.45) is 10.9 Å². The Hall–Kier alpha value is -1.66. The molecule has 1 aliphatic rings. The van der Waals surface area contributed by atoms with E-state index in [1.165, 1.54) is 12.1 Å². The summed E-state index contributed by atoms with van der Waals surface area (Å²) >= 11 is 0. The van der Waals surface area contributed by atoms with Crippen molar-refractivity contribution in [3.8, 4) is 0 Å². The van der Waals surface area contributed by atoms with Crippen molar-refractivity contribution in [3.05, 3.63) is 35.1 Å². The summed E-state index contributed by atoms with van der Waals surface area (Å²) in [4.78, 5) is 2.14. The largest absolute Gasteiger partial charge is 0.409 e. The van der Waals surface area contributed by atoms with Crippen LogP contribution >= 0.6 is 0 Å². The summed E-state index contributed by atoms with van der Waals surface area (Å²) in [7, 11) is 1.99. The number of oxime groups is 1. The highest BCUT2D eigenvalue weighted by molar-refractivity contribution is 5.97. The van der Waals surface area contributed by atoms with Gasteiger partial charge in [-0.1, -0.05) is 5.16 Å². The van der Waals surface area contributed by atoms with Gasteiger partial charge in [-0.2, -0.15) is 0 Å². The number of rotatable bonds is 4. The van der Waals surface area contributed by atoms with Crippen LogP contribution in [0.4, 0.5) is 4.39 Å². The van der Waals surface area contributed by atoms with Crippen LogP contribution in [0, 0.1) is 5.82 Å². The van der Waals surface area contributed by atoms with E-state index < -0.39 is 5.82 Å². The van der Waals surface area contributed by atoms with E-state index in [-0.39, 0.29) is 11.9 Å². The molecule has 2 unspecified atom stereocenters. The Balaban J connectivity index is 2.14. The lowest BCUT2D eigenvalue weighted by Crippen LogP contribution is -2.36. The van der Waals surface area contributed by atoms with Crippen LogP contribution in [0.25, 0.3) is 0 Å². The normalized spacial score (nSPS) is 23.5. The minimum absolute atomic E-state index is 0.0917. The number of ether oxygens (including phenoxy) is 1. The molecule has 0 aliphatic carbocycles. The summed E-state index contributed by atoms with van der Waals surface area (Å²) in [5.41, 5.74) is 6.67. The van der Waals surface area contributed by atoms with Gasteiger partial charge in [-0.25, -0.2) is 4.39 Å². The average molecular weight is 281 g/mol. The maximum atomic E-state index is 13.6. The van der Waals surface area contributed by atoms with Crippen LogP contribution in [0.2, 0.25) is 0 Å². The molecule has 1 aromatic rings. The fourth-order valence-corrected chi connectivity index (χ4v) is 2.65. The maximum absolute atomic E-state index is 13.6. The van der Waals surface area contributed by atoms with E-state index in [1.807, 2.05) is 14.0 Å². The van der Waals surface area contributed by atoms with Gasteiger partial charge in [-0.3, -0.25) is 4.90 Å². The Morgan fingerprint density at radius 3 is 2.90 bits per heavy atom. The molecule has 110 valence electrons. The van der Waals surface area contributed by atoms with E-state index in [2.05, 4.69) is 10.1 Å². The number of nitrogens with zero attached hydrogens (tertiary/aromatic N) is 2. The maximum Gasteiger partial charge on any atom is 0.170 e. The lowest BCUT2D eigenvalue weighted by atomic mass is 10.1. The van der Waals surface area contributed by atoms with Gasteiger partial charge in [-0.05, 0) is 44.2 Å². The molecule has 1 heterocycles. The molecule has 3 N–H and O–H groups in total. The van der Waals surface area contributed by atoms with Crippen LogP contribution < -0.4 is 5.73 Å². The Kier molecular flexibility index (Phi) is 4.57. The summed E-state index contributed by atoms with van der Waals surface area (Å²) in [5.74, 6) is -0.487. The van der Waals surface area contributed by atoms with Gasteiger partial charge in [0.2, 0.25) is 0 Å². The van der Waals surface area contributed by atoms with Crippen LogP contribution in [0.15, 0.2) is 23.4 Å². The highest BCUT2D eigenvalue weighted by Crippen LogP contribution is 2.20. The van der Waals surface area contributed by atoms with Crippen LogP contribution in [0.3, 0.4) is 0 Å². The molecular weight excluding hydrogens is 261 g/mol. The van der Waals surface area contributed by atoms with Crippen molar-refractivity contribution in [1.29, 1.82) is 0 Å². The molecular formula is C14H20FN3O2. The molecule has 0 saturated carbocycles. The first-order chi connectivity index (χ1) is 9.51. The molecule has 0 radical (unpaired) electrons. The summed E-state index contributed by atoms with van der Waals surface area (Å²) < 4.78 is 19.1. The van der Waals surface area contributed by atoms with Gasteiger partial charge in [0.15, 0.2) is 5.84 Å². The average Bonchev–Trinajstić information content (AvgIpc) is 2.83. The summed E-state index contributed by atoms with van der Waals surface area (Å²) in [6.45, 7) is 3.39. The molecule has 6 heteroatoms. The number of amidine groups is 1. The van der Waals surface area contributed by atoms with Crippen molar-refractivity contribution in [2.45, 2.75) is 32.0 Å². The van der Waals surface area contributed by atoms with Crippen molar-refractivity contribution in [3.63, 3.8) is 0 Å². The van der Waals surface area contributed by atoms with Gasteiger partial charge in [0, 0.05) is 24.8 Å². The third-order valence-electron chi connectivity index (χ3n) is 3.70. The molecule has 1 saturated heterocycles. The van der Waals surface area contributed by atoms with Gasteiger partial charge in [0.1, 0.15) is 5.82 Å². The second-order valence-electron chi connectivity index (χ2n) is 5.18. The topological polar surface area (TPSA) is 71.1 Å². The molecule has 1 aromatic carbocycles. The van der Waals surface area contributed by atoms with E-state index in [9.17, 15) is 4.39 Å². The number of hydrogen-bond acceptors (Lipinski definition) is 4. The zero-order valence-corrected chi connectivity index (χ0v) is 11.7. The Bertz CT molecular complexity index is 507. The SMILES string of the molecule is CC1OCCC1N(C)Cc1cc(F)cc(/C(N)=N/O)c1. The molecule has 1 aliphatic heterocycles. The van der Waals surface area contributed by atoms with Crippen LogP contribution in [-0.4, -0.2) is 41.7 Å². The third kappa shape index (κ3) is 3.26. The fraction of sp³-hybridized carbons (Fsp3) is 0.500. The molecule has 0 aromatic heterocycles. The van der Waals surface area contributed by atoms with Crippen molar-refractivity contribution >= 4 is 5.84 Å². The van der Waals surface area contributed by atoms with Gasteiger partial charge >= 0.3 is 0 Å². The Morgan fingerprint density at radius 2 is 2.30 bits per heavy atom. The molecule has 0 amide bonds. The lowest BCUT2D eigenvalue weighted by Gasteiger charge is -2.26. The van der Waals surface area contributed by atoms with Gasteiger partial charge in [0.05, 0.1) is 6.10 Å². The van der Waals surface area contributed by atoms with Gasteiger partial charge < -0.3 is 15.7 Å². The molecule has 2 atom stereocenters. The zero-order valence-electron chi connectivity index (χ0n) is 11.7. The minimum Gasteiger partial charge on any atom is -0.409 e. The second-order valence-corrected chi connectivity index (χ2v) is 5.18. The minimum atomic E-state index is -0.395. The summed E-state index contributed by atoms with van der Waals surface area (Å²) in [5, 5.41) is 11.6. The first-order valence-electron chi connectivity index (χ1n) is 6.60. The van der Waals surface area contributed by atoms with E-state index in [0.29, 0.717) is 18.2 Å². The standard InChI is InChI=1S/C14H20FN3O2/c1-9-13(3-4-20-9)18(2)8-10-5-11(14(16)17-19)7-12(15)6-10/h5-7,9,13,19H,3-4,8H2,1-2H3,(H2,16,17). The monoisotopic (exact) mass is 281 g/mol. The van der Waals surface area contributed by atoms with E-state index in [1.54, 1.807) is 6.07 Å². The van der Waals surface area contributed by atoms with Crippen LogP contribution in [-0.2, 0) is 11.3 Å². The van der Waals surface area contributed by atoms with Crippen LogP contribution in [0.5, 0.6) is 0 Å². The molecule has 0 bridgehead atoms. The smallest absolute Gasteiger partial charge is 0.170 e. The molecule has 2 rings (SSSR count). The van der Waals surface area contributed by atoms with Gasteiger partial charge in [-0.15, -0.1) is 0 Å². The first kappa shape index (κ1) is 14.7. The first-order valence-corrected chi connectivity index (χ1v) is 6.60. The summed E-state index contributed by atoms with van der Waals surface area (Å²) in [6, 6.07) is 4.77. The number of nitrogens with two attached hydrogens (primary N) is 1. The Labute approximate surface area is 117 Å². The van der Waals surface area contributed by atoms with Crippen molar-refractivity contribution < 1.29 is 14.3 Å². The molecule has 20 heavy (non-hydrogen) atoms. The third-order valence-corrected chi connectivity index (χ3v) is 3.70. The highest BCUT2D eigenvalue weighted by Gasteiger charge is 2.27. The summed E-state index contributed by atoms with van der Waals surface area (Å²) in [6.07, 6.45) is 1.15. The van der Waals surface area contributed by atoms with Crippen LogP contribution in [0.1, 0.15) is 24.5 Å². The highest BCUT2D eigenvalue weighted by atomic mass is 19.1. The second kappa shape index (κ2) is 6.19. The quantitative estimate of drug-likeness (QED) is 0.380. The zero-order chi connectivity index (χ0) is 14.7. The van der Waals surface area contributed by atoms with Crippen molar-refractivity contribution in [1.82, 2.24) is 4.90 Å². The number of halogens is 1. The van der Waals surface area contributed by atoms with E-state index in [0.717, 1.165) is 18.6 Å². The molecule has 1 fully saturated rings. The number of hydrogen-bond donors (Lipinski definition) is 2. The predicted octanol–water partition coefficient (Wildman–Crippen LogP) is 1.53. The number of benzene rings is 1. The number of likely N-dealkylation sites (N-methyl/N-ethyl adjacent to an activating group) is 1. The predicted molar refractivity (Wildman–Crippen MR) is 74.2 cm³/mol. The van der Waals surface area contributed by atoms with Crippen molar-refractivity contribution in [2.75, 3.05) is 13.7 Å². The van der Waals surface area contributed by atoms with E-state index >= 15 is 0 Å². The van der Waals surface area contributed by atoms with Gasteiger partial charge in [0.25, 0.3) is 0 Å². The molecule has 5 nitrogen and oxygen atoms in total. The van der Waals surface area contributed by atoms with E-state index in [4.69, 9.17) is 15.7 Å². The lowest BCUT2D eigenvalue weighted by molar-refractivity contribution is 0.0814. The fourth-order valence-electron chi connectivity index (χ4n) is 2.65. The Morgan fingerprint density at radius 1 is 1.55 bits per heavy atom.